The Hall–Kier alpha value is -0.0800. The monoisotopic (exact) mass is 230 g/mol. The van der Waals surface area contributed by atoms with Crippen LogP contribution in [0.5, 0.6) is 0 Å². The van der Waals surface area contributed by atoms with Crippen LogP contribution in [0.4, 0.5) is 0 Å². The van der Waals surface area contributed by atoms with Crippen LogP contribution in [0, 0.1) is 11.8 Å². The molecule has 16 heavy (non-hydrogen) atoms. The molecule has 0 heterocycles. The van der Waals surface area contributed by atoms with Crippen LogP contribution in [0.1, 0.15) is 66.2 Å². The summed E-state index contributed by atoms with van der Waals surface area (Å²) in [5, 5.41) is 19.5. The minimum Gasteiger partial charge on any atom is -0.390 e. The fourth-order valence-corrected chi connectivity index (χ4v) is 2.07. The van der Waals surface area contributed by atoms with Crippen molar-refractivity contribution in [3.63, 3.8) is 0 Å². The summed E-state index contributed by atoms with van der Waals surface area (Å²) in [5.74, 6) is 0.861. The average Bonchev–Trinajstić information content (AvgIpc) is 2.27. The Bertz CT molecular complexity index is 157. The van der Waals surface area contributed by atoms with Crippen molar-refractivity contribution in [3.05, 3.63) is 0 Å². The molecular formula is C14H30O2. The number of aliphatic hydroxyl groups excluding tert-OH is 2. The Morgan fingerprint density at radius 3 is 2.00 bits per heavy atom. The number of hydrogen-bond acceptors (Lipinski definition) is 2. The van der Waals surface area contributed by atoms with Gasteiger partial charge >= 0.3 is 0 Å². The summed E-state index contributed by atoms with van der Waals surface area (Å²) in [5.41, 5.74) is 0. The van der Waals surface area contributed by atoms with E-state index in [-0.39, 0.29) is 5.92 Å². The molecule has 0 aliphatic heterocycles. The highest BCUT2D eigenvalue weighted by Gasteiger charge is 2.20. The summed E-state index contributed by atoms with van der Waals surface area (Å²) in [6.07, 6.45) is 5.64. The van der Waals surface area contributed by atoms with Crippen molar-refractivity contribution in [2.24, 2.45) is 11.8 Å². The van der Waals surface area contributed by atoms with Gasteiger partial charge in [0.15, 0.2) is 0 Å². The van der Waals surface area contributed by atoms with Gasteiger partial charge in [0, 0.05) is 0 Å². The molecule has 0 spiro atoms. The maximum Gasteiger partial charge on any atom is 0.0821 e. The summed E-state index contributed by atoms with van der Waals surface area (Å²) >= 11 is 0. The third kappa shape index (κ3) is 6.49. The molecule has 0 aromatic rings. The molecule has 0 rings (SSSR count). The number of hydrogen-bond donors (Lipinski definition) is 2. The van der Waals surface area contributed by atoms with E-state index < -0.39 is 12.2 Å². The molecule has 0 bridgehead atoms. The van der Waals surface area contributed by atoms with Gasteiger partial charge in [-0.25, -0.2) is 0 Å². The van der Waals surface area contributed by atoms with E-state index in [0.29, 0.717) is 5.92 Å². The van der Waals surface area contributed by atoms with Crippen molar-refractivity contribution in [3.8, 4) is 0 Å². The molecule has 98 valence electrons. The Morgan fingerprint density at radius 2 is 1.56 bits per heavy atom. The zero-order valence-corrected chi connectivity index (χ0v) is 11.4. The summed E-state index contributed by atoms with van der Waals surface area (Å²) in [6, 6.07) is 0. The number of unbranched alkanes of at least 4 members (excludes halogenated alkanes) is 1. The van der Waals surface area contributed by atoms with Gasteiger partial charge in [-0.2, -0.15) is 0 Å². The second kappa shape index (κ2) is 9.00. The Morgan fingerprint density at radius 1 is 0.938 bits per heavy atom. The van der Waals surface area contributed by atoms with Gasteiger partial charge in [0.05, 0.1) is 12.2 Å². The molecule has 0 fully saturated rings. The van der Waals surface area contributed by atoms with Gasteiger partial charge < -0.3 is 10.2 Å². The molecule has 2 heteroatoms. The molecule has 0 saturated carbocycles. The van der Waals surface area contributed by atoms with E-state index >= 15 is 0 Å². The fourth-order valence-electron chi connectivity index (χ4n) is 2.07. The van der Waals surface area contributed by atoms with E-state index in [1.807, 2.05) is 13.8 Å². The zero-order valence-electron chi connectivity index (χ0n) is 11.4. The molecule has 0 aliphatic rings. The second-order valence-corrected chi connectivity index (χ2v) is 5.30. The third-order valence-electron chi connectivity index (χ3n) is 3.49. The first-order valence-electron chi connectivity index (χ1n) is 6.88. The quantitative estimate of drug-likeness (QED) is 0.637. The molecule has 3 unspecified atom stereocenters. The van der Waals surface area contributed by atoms with Crippen LogP contribution in [0.2, 0.25) is 0 Å². The van der Waals surface area contributed by atoms with E-state index in [1.165, 1.54) is 25.7 Å². The van der Waals surface area contributed by atoms with E-state index in [2.05, 4.69) is 13.8 Å². The highest BCUT2D eigenvalue weighted by atomic mass is 16.3. The number of aliphatic hydroxyl groups is 2. The minimum atomic E-state index is -0.566. The summed E-state index contributed by atoms with van der Waals surface area (Å²) in [7, 11) is 0. The van der Waals surface area contributed by atoms with Crippen molar-refractivity contribution >= 4 is 0 Å². The molecule has 0 saturated heterocycles. The van der Waals surface area contributed by atoms with Gasteiger partial charge in [-0.3, -0.25) is 0 Å². The first-order valence-corrected chi connectivity index (χ1v) is 6.88. The molecule has 0 amide bonds. The van der Waals surface area contributed by atoms with Gasteiger partial charge in [-0.15, -0.1) is 0 Å². The third-order valence-corrected chi connectivity index (χ3v) is 3.49. The van der Waals surface area contributed by atoms with E-state index in [9.17, 15) is 10.2 Å². The maximum atomic E-state index is 9.81. The summed E-state index contributed by atoms with van der Waals surface area (Å²) in [6.45, 7) is 8.32. The lowest BCUT2D eigenvalue weighted by Gasteiger charge is -2.23. The Balaban J connectivity index is 3.82. The van der Waals surface area contributed by atoms with Crippen LogP contribution in [0.3, 0.4) is 0 Å². The SMILES string of the molecule is CCCCC(CC)CCC(O)C(O)C(C)C. The molecule has 0 aromatic heterocycles. The lowest BCUT2D eigenvalue weighted by molar-refractivity contribution is -0.0152. The van der Waals surface area contributed by atoms with Crippen molar-refractivity contribution in [2.45, 2.75) is 78.4 Å². The molecule has 3 atom stereocenters. The highest BCUT2D eigenvalue weighted by molar-refractivity contribution is 4.71. The van der Waals surface area contributed by atoms with E-state index in [4.69, 9.17) is 0 Å². The van der Waals surface area contributed by atoms with Crippen LogP contribution in [0.15, 0.2) is 0 Å². The molecular weight excluding hydrogens is 200 g/mol. The molecule has 0 aromatic carbocycles. The van der Waals surface area contributed by atoms with Crippen LogP contribution < -0.4 is 0 Å². The Labute approximate surface area is 101 Å². The molecule has 0 aliphatic carbocycles. The highest BCUT2D eigenvalue weighted by Crippen LogP contribution is 2.21. The van der Waals surface area contributed by atoms with Gasteiger partial charge in [0.25, 0.3) is 0 Å². The fraction of sp³-hybridized carbons (Fsp3) is 1.00. The van der Waals surface area contributed by atoms with Crippen LogP contribution in [-0.4, -0.2) is 22.4 Å². The first kappa shape index (κ1) is 15.9. The lowest BCUT2D eigenvalue weighted by atomic mass is 9.90. The smallest absolute Gasteiger partial charge is 0.0821 e. The molecule has 2 nitrogen and oxygen atoms in total. The van der Waals surface area contributed by atoms with Gasteiger partial charge in [-0.05, 0) is 24.7 Å². The van der Waals surface area contributed by atoms with Gasteiger partial charge in [0.1, 0.15) is 0 Å². The summed E-state index contributed by atoms with van der Waals surface area (Å²) < 4.78 is 0. The van der Waals surface area contributed by atoms with Crippen molar-refractivity contribution < 1.29 is 10.2 Å². The van der Waals surface area contributed by atoms with Crippen molar-refractivity contribution in [2.75, 3.05) is 0 Å². The average molecular weight is 230 g/mol. The van der Waals surface area contributed by atoms with Gasteiger partial charge in [0.2, 0.25) is 0 Å². The topological polar surface area (TPSA) is 40.5 Å². The predicted octanol–water partition coefficient (Wildman–Crippen LogP) is 3.36. The maximum absolute atomic E-state index is 9.81. The van der Waals surface area contributed by atoms with Crippen LogP contribution in [0.25, 0.3) is 0 Å². The minimum absolute atomic E-state index is 0.144. The van der Waals surface area contributed by atoms with E-state index in [0.717, 1.165) is 12.8 Å². The van der Waals surface area contributed by atoms with Crippen LogP contribution >= 0.6 is 0 Å². The molecule has 0 radical (unpaired) electrons. The standard InChI is InChI=1S/C14H30O2/c1-5-7-8-12(6-2)9-10-13(15)14(16)11(3)4/h11-16H,5-10H2,1-4H3. The number of rotatable bonds is 9. The Kier molecular flexibility index (Phi) is 8.96. The van der Waals surface area contributed by atoms with E-state index in [1.54, 1.807) is 0 Å². The van der Waals surface area contributed by atoms with Gasteiger partial charge in [-0.1, -0.05) is 53.4 Å². The van der Waals surface area contributed by atoms with Crippen LogP contribution in [-0.2, 0) is 0 Å². The zero-order chi connectivity index (χ0) is 12.6. The second-order valence-electron chi connectivity index (χ2n) is 5.30. The lowest BCUT2D eigenvalue weighted by Crippen LogP contribution is -2.31. The first-order chi connectivity index (χ1) is 7.52. The van der Waals surface area contributed by atoms with Crippen molar-refractivity contribution in [1.82, 2.24) is 0 Å². The summed E-state index contributed by atoms with van der Waals surface area (Å²) in [4.78, 5) is 0. The largest absolute Gasteiger partial charge is 0.390 e. The predicted molar refractivity (Wildman–Crippen MR) is 69.4 cm³/mol. The normalized spacial score (nSPS) is 17.4. The molecule has 2 N–H and O–H groups in total. The van der Waals surface area contributed by atoms with Crippen molar-refractivity contribution in [1.29, 1.82) is 0 Å².